The van der Waals surface area contributed by atoms with E-state index in [9.17, 15) is 22.8 Å². The molecule has 4 aromatic rings. The van der Waals surface area contributed by atoms with Gasteiger partial charge in [-0.3, -0.25) is 4.79 Å². The zero-order valence-corrected chi connectivity index (χ0v) is 29.9. The monoisotopic (exact) mass is 746 g/mol. The van der Waals surface area contributed by atoms with E-state index in [1.54, 1.807) is 33.0 Å². The molecule has 0 radical (unpaired) electrons. The molecule has 0 bridgehead atoms. The number of benzene rings is 2. The summed E-state index contributed by atoms with van der Waals surface area (Å²) in [6.07, 6.45) is 1.20. The molecular weight excluding hydrogens is 705 g/mol. The molecule has 1 aliphatic rings. The summed E-state index contributed by atoms with van der Waals surface area (Å²) in [4.78, 5) is 27.1. The largest absolute Gasteiger partial charge is 0.573 e. The number of nitrogen functional groups attached to an aromatic ring is 1. The van der Waals surface area contributed by atoms with Crippen LogP contribution in [0, 0.1) is 0 Å². The van der Waals surface area contributed by atoms with Crippen LogP contribution < -0.4 is 21.1 Å². The number of anilines is 2. The summed E-state index contributed by atoms with van der Waals surface area (Å²) in [6.45, 7) is 6.61. The molecule has 1 aliphatic heterocycles. The van der Waals surface area contributed by atoms with Crippen molar-refractivity contribution in [2.24, 2.45) is 0 Å². The Bertz CT molecular complexity index is 1860. The molecule has 2 aromatic heterocycles. The van der Waals surface area contributed by atoms with Gasteiger partial charge < -0.3 is 35.5 Å². The summed E-state index contributed by atoms with van der Waals surface area (Å²) in [5, 5.41) is 19.5. The van der Waals surface area contributed by atoms with Crippen molar-refractivity contribution in [3.63, 3.8) is 0 Å². The lowest BCUT2D eigenvalue weighted by Gasteiger charge is -2.27. The highest BCUT2D eigenvalue weighted by Gasteiger charge is 2.32. The van der Waals surface area contributed by atoms with E-state index < -0.39 is 23.8 Å². The number of hydrogen-bond acceptors (Lipinski definition) is 10. The van der Waals surface area contributed by atoms with Gasteiger partial charge in [-0.2, -0.15) is 10.2 Å². The maximum absolute atomic E-state index is 13.0. The number of ether oxygens (including phenoxy) is 3. The number of aromatic nitrogens is 4. The number of nitrogens with zero attached hydrogens (tertiary/aromatic N) is 5. The Morgan fingerprint density at radius 2 is 1.90 bits per heavy atom. The average molecular weight is 747 g/mol. The number of alkyl halides is 3. The molecule has 13 nitrogen and oxygen atoms in total. The standard InChI is InChI=1S/C35H42ClF3N8O5/c1-34(2,3)52-33(49)46(21-22-8-9-29(26(36)15-22)51-35(37,38)39)13-10-31(48)42-12-6-11-41-27-16-23(24-18-30(40)45-43-19-24)17-28-25(27)20-44-47(28)32-7-4-5-14-50-32/h8-9,15-20,32,41H,4-7,10-14,21H2,1-3H3,(H2,40,45)(H,42,48). The van der Waals surface area contributed by atoms with Gasteiger partial charge in [0, 0.05) is 55.8 Å². The van der Waals surface area contributed by atoms with Crippen LogP contribution in [0.1, 0.15) is 64.7 Å². The van der Waals surface area contributed by atoms with Crippen molar-refractivity contribution in [2.45, 2.75) is 77.6 Å². The van der Waals surface area contributed by atoms with E-state index in [1.807, 2.05) is 23.0 Å². The van der Waals surface area contributed by atoms with Gasteiger partial charge in [-0.1, -0.05) is 17.7 Å². The van der Waals surface area contributed by atoms with Crippen LogP contribution in [-0.2, 0) is 20.8 Å². The van der Waals surface area contributed by atoms with Crippen LogP contribution in [-0.4, -0.2) is 75.1 Å². The number of fused-ring (bicyclic) bond motifs is 1. The van der Waals surface area contributed by atoms with Gasteiger partial charge in [0.05, 0.1) is 22.9 Å². The van der Waals surface area contributed by atoms with Crippen molar-refractivity contribution in [2.75, 3.05) is 37.3 Å². The molecule has 52 heavy (non-hydrogen) atoms. The van der Waals surface area contributed by atoms with E-state index in [0.717, 1.165) is 53.0 Å². The second-order valence-corrected chi connectivity index (χ2v) is 13.7. The Balaban J connectivity index is 1.18. The average Bonchev–Trinajstić information content (AvgIpc) is 3.51. The van der Waals surface area contributed by atoms with Crippen LogP contribution in [0.25, 0.3) is 22.0 Å². The Hall–Kier alpha value is -4.83. The summed E-state index contributed by atoms with van der Waals surface area (Å²) in [5.41, 5.74) is 8.97. The predicted octanol–water partition coefficient (Wildman–Crippen LogP) is 7.07. The lowest BCUT2D eigenvalue weighted by atomic mass is 10.0. The fourth-order valence-corrected chi connectivity index (χ4v) is 5.88. The third-order valence-electron chi connectivity index (χ3n) is 8.00. The highest BCUT2D eigenvalue weighted by molar-refractivity contribution is 6.32. The second-order valence-electron chi connectivity index (χ2n) is 13.3. The molecule has 5 rings (SSSR count). The van der Waals surface area contributed by atoms with Crippen molar-refractivity contribution in [1.82, 2.24) is 30.2 Å². The quantitative estimate of drug-likeness (QED) is 0.121. The first-order chi connectivity index (χ1) is 24.6. The maximum Gasteiger partial charge on any atom is 0.573 e. The second kappa shape index (κ2) is 16.7. The van der Waals surface area contributed by atoms with Gasteiger partial charge >= 0.3 is 12.5 Å². The number of amides is 2. The Labute approximate surface area is 303 Å². The molecule has 0 aliphatic carbocycles. The van der Waals surface area contributed by atoms with Gasteiger partial charge in [0.2, 0.25) is 5.91 Å². The van der Waals surface area contributed by atoms with Crippen LogP contribution in [0.3, 0.4) is 0 Å². The maximum atomic E-state index is 13.0. The minimum absolute atomic E-state index is 0.00866. The fourth-order valence-electron chi connectivity index (χ4n) is 5.64. The molecule has 3 heterocycles. The summed E-state index contributed by atoms with van der Waals surface area (Å²) >= 11 is 6.01. The molecule has 0 spiro atoms. The van der Waals surface area contributed by atoms with Crippen molar-refractivity contribution in [1.29, 1.82) is 0 Å². The number of carbonyl (C=O) groups is 2. The van der Waals surface area contributed by atoms with Crippen LogP contribution in [0.4, 0.5) is 29.5 Å². The molecular formula is C35H42ClF3N8O5. The van der Waals surface area contributed by atoms with Gasteiger partial charge in [0.15, 0.2) is 6.23 Å². The van der Waals surface area contributed by atoms with Crippen LogP contribution in [0.15, 0.2) is 48.8 Å². The Morgan fingerprint density at radius 3 is 2.60 bits per heavy atom. The Kier molecular flexibility index (Phi) is 12.3. The smallest absolute Gasteiger partial charge is 0.444 e. The first-order valence-electron chi connectivity index (χ1n) is 16.9. The van der Waals surface area contributed by atoms with E-state index in [-0.39, 0.29) is 36.7 Å². The number of rotatable bonds is 13. The van der Waals surface area contributed by atoms with E-state index >= 15 is 0 Å². The lowest BCUT2D eigenvalue weighted by Crippen LogP contribution is -2.39. The number of hydrogen-bond donors (Lipinski definition) is 3. The SMILES string of the molecule is CC(C)(C)OC(=O)N(CCC(=O)NCCCNc1cc(-c2cnnc(N)c2)cc2c1cnn2C1CCCCO1)Cc1ccc(OC(F)(F)F)c(Cl)c1. The highest BCUT2D eigenvalue weighted by Crippen LogP contribution is 2.35. The Morgan fingerprint density at radius 1 is 1.10 bits per heavy atom. The summed E-state index contributed by atoms with van der Waals surface area (Å²) in [7, 11) is 0. The fraction of sp³-hybridized carbons (Fsp3) is 0.457. The first-order valence-corrected chi connectivity index (χ1v) is 17.3. The zero-order chi connectivity index (χ0) is 37.5. The van der Waals surface area contributed by atoms with E-state index in [0.29, 0.717) is 37.5 Å². The normalized spacial score (nSPS) is 14.9. The van der Waals surface area contributed by atoms with E-state index in [2.05, 4.69) is 30.7 Å². The molecule has 2 aromatic carbocycles. The summed E-state index contributed by atoms with van der Waals surface area (Å²) in [5.74, 6) is -0.547. The summed E-state index contributed by atoms with van der Waals surface area (Å²) < 4.78 is 55.4. The van der Waals surface area contributed by atoms with Gasteiger partial charge in [0.1, 0.15) is 17.2 Å². The topological polar surface area (TPSA) is 159 Å². The molecule has 2 amide bonds. The highest BCUT2D eigenvalue weighted by atomic mass is 35.5. The predicted molar refractivity (Wildman–Crippen MR) is 190 cm³/mol. The van der Waals surface area contributed by atoms with Crippen molar-refractivity contribution < 1.29 is 37.0 Å². The van der Waals surface area contributed by atoms with Gasteiger partial charge in [-0.15, -0.1) is 18.3 Å². The number of nitrogens with one attached hydrogen (secondary N) is 2. The van der Waals surface area contributed by atoms with Crippen molar-refractivity contribution in [3.05, 3.63) is 59.4 Å². The summed E-state index contributed by atoms with van der Waals surface area (Å²) in [6, 6.07) is 9.50. The van der Waals surface area contributed by atoms with Gasteiger partial charge in [-0.25, -0.2) is 9.48 Å². The van der Waals surface area contributed by atoms with E-state index in [4.69, 9.17) is 26.8 Å². The van der Waals surface area contributed by atoms with E-state index in [1.165, 1.54) is 17.0 Å². The first kappa shape index (κ1) is 38.4. The molecule has 1 unspecified atom stereocenters. The molecule has 4 N–H and O–H groups in total. The van der Waals surface area contributed by atoms with Crippen LogP contribution in [0.5, 0.6) is 5.75 Å². The number of halogens is 4. The van der Waals surface area contributed by atoms with Gasteiger partial charge in [0.25, 0.3) is 0 Å². The minimum Gasteiger partial charge on any atom is -0.444 e. The van der Waals surface area contributed by atoms with Crippen LogP contribution >= 0.6 is 11.6 Å². The zero-order valence-electron chi connectivity index (χ0n) is 29.1. The molecule has 1 saturated heterocycles. The molecule has 280 valence electrons. The minimum atomic E-state index is -4.91. The van der Waals surface area contributed by atoms with Gasteiger partial charge in [-0.05, 0) is 87.9 Å². The molecule has 0 saturated carbocycles. The third kappa shape index (κ3) is 10.8. The van der Waals surface area contributed by atoms with Crippen molar-refractivity contribution >= 4 is 46.0 Å². The number of carbonyl (C=O) groups excluding carboxylic acids is 2. The van der Waals surface area contributed by atoms with Crippen LogP contribution in [0.2, 0.25) is 5.02 Å². The third-order valence-corrected chi connectivity index (χ3v) is 8.29. The van der Waals surface area contributed by atoms with Crippen molar-refractivity contribution in [3.8, 4) is 16.9 Å². The molecule has 1 atom stereocenters. The molecule has 17 heteroatoms. The number of nitrogens with two attached hydrogens (primary N) is 1. The lowest BCUT2D eigenvalue weighted by molar-refractivity contribution is -0.274. The molecule has 1 fully saturated rings.